The van der Waals surface area contributed by atoms with Gasteiger partial charge < -0.3 is 9.73 Å². The minimum atomic E-state index is 0.835. The molecule has 18 heavy (non-hydrogen) atoms. The van der Waals surface area contributed by atoms with Gasteiger partial charge in [-0.25, -0.2) is 0 Å². The van der Waals surface area contributed by atoms with Gasteiger partial charge >= 0.3 is 0 Å². The van der Waals surface area contributed by atoms with Crippen molar-refractivity contribution in [3.63, 3.8) is 0 Å². The number of aryl methyl sites for hydroxylation is 2. The molecular formula is C13H19N3OS. The van der Waals surface area contributed by atoms with E-state index in [4.69, 9.17) is 4.42 Å². The highest BCUT2D eigenvalue weighted by Gasteiger charge is 2.10. The number of rotatable bonds is 7. The first kappa shape index (κ1) is 13.2. The van der Waals surface area contributed by atoms with Gasteiger partial charge in [-0.1, -0.05) is 25.2 Å². The molecule has 0 aromatic carbocycles. The third kappa shape index (κ3) is 3.40. The number of hydrogen-bond donors (Lipinski definition) is 1. The SMILES string of the molecule is CCNCCCc1nnc(-c2ccc(CC)o2)s1. The fourth-order valence-corrected chi connectivity index (χ4v) is 2.52. The molecule has 98 valence electrons. The van der Waals surface area contributed by atoms with Crippen molar-refractivity contribution < 1.29 is 4.42 Å². The molecule has 2 heterocycles. The zero-order chi connectivity index (χ0) is 12.8. The van der Waals surface area contributed by atoms with Crippen LogP contribution in [0.5, 0.6) is 0 Å². The minimum absolute atomic E-state index is 0.835. The minimum Gasteiger partial charge on any atom is -0.459 e. The largest absolute Gasteiger partial charge is 0.459 e. The Morgan fingerprint density at radius 1 is 1.28 bits per heavy atom. The Kier molecular flexibility index (Phi) is 4.90. The highest BCUT2D eigenvalue weighted by atomic mass is 32.1. The second kappa shape index (κ2) is 6.66. The Morgan fingerprint density at radius 2 is 2.17 bits per heavy atom. The summed E-state index contributed by atoms with van der Waals surface area (Å²) >= 11 is 1.62. The van der Waals surface area contributed by atoms with Crippen LogP contribution in [0.2, 0.25) is 0 Å². The van der Waals surface area contributed by atoms with Crippen LogP contribution in [0.1, 0.15) is 31.0 Å². The van der Waals surface area contributed by atoms with E-state index in [0.717, 1.165) is 53.9 Å². The summed E-state index contributed by atoms with van der Waals surface area (Å²) in [5.74, 6) is 1.83. The van der Waals surface area contributed by atoms with Crippen molar-refractivity contribution in [3.8, 4) is 10.8 Å². The van der Waals surface area contributed by atoms with Crippen molar-refractivity contribution in [3.05, 3.63) is 22.9 Å². The first-order valence-electron chi connectivity index (χ1n) is 6.45. The number of furan rings is 1. The average molecular weight is 265 g/mol. The second-order valence-corrected chi connectivity index (χ2v) is 5.14. The van der Waals surface area contributed by atoms with Gasteiger partial charge in [-0.15, -0.1) is 10.2 Å². The van der Waals surface area contributed by atoms with Gasteiger partial charge in [-0.3, -0.25) is 0 Å². The summed E-state index contributed by atoms with van der Waals surface area (Å²) in [5, 5.41) is 13.7. The summed E-state index contributed by atoms with van der Waals surface area (Å²) in [6.45, 7) is 6.25. The third-order valence-electron chi connectivity index (χ3n) is 2.68. The summed E-state index contributed by atoms with van der Waals surface area (Å²) in [5.41, 5.74) is 0. The maximum atomic E-state index is 5.67. The molecule has 0 aliphatic rings. The molecule has 0 spiro atoms. The van der Waals surface area contributed by atoms with E-state index in [1.807, 2.05) is 12.1 Å². The smallest absolute Gasteiger partial charge is 0.183 e. The summed E-state index contributed by atoms with van der Waals surface area (Å²) in [7, 11) is 0. The highest BCUT2D eigenvalue weighted by Crippen LogP contribution is 2.26. The monoisotopic (exact) mass is 265 g/mol. The van der Waals surface area contributed by atoms with Crippen LogP contribution in [0.25, 0.3) is 10.8 Å². The lowest BCUT2D eigenvalue weighted by Crippen LogP contribution is -2.14. The molecule has 0 radical (unpaired) electrons. The Balaban J connectivity index is 1.93. The van der Waals surface area contributed by atoms with Gasteiger partial charge in [0.1, 0.15) is 10.8 Å². The van der Waals surface area contributed by atoms with Gasteiger partial charge in [0.15, 0.2) is 10.8 Å². The molecule has 2 aromatic heterocycles. The standard InChI is InChI=1S/C13H19N3OS/c1-3-10-7-8-11(17-10)13-16-15-12(18-13)6-5-9-14-4-2/h7-8,14H,3-6,9H2,1-2H3. The van der Waals surface area contributed by atoms with Gasteiger partial charge in [0.2, 0.25) is 0 Å². The van der Waals surface area contributed by atoms with Crippen molar-refractivity contribution in [2.75, 3.05) is 13.1 Å². The van der Waals surface area contributed by atoms with E-state index < -0.39 is 0 Å². The van der Waals surface area contributed by atoms with E-state index in [1.54, 1.807) is 11.3 Å². The molecule has 5 heteroatoms. The first-order valence-corrected chi connectivity index (χ1v) is 7.27. The summed E-state index contributed by atoms with van der Waals surface area (Å²) < 4.78 is 5.67. The summed E-state index contributed by atoms with van der Waals surface area (Å²) in [4.78, 5) is 0. The Labute approximate surface area is 111 Å². The molecule has 1 N–H and O–H groups in total. The second-order valence-electron chi connectivity index (χ2n) is 4.08. The van der Waals surface area contributed by atoms with Crippen LogP contribution in [0.3, 0.4) is 0 Å². The maximum absolute atomic E-state index is 5.67. The average Bonchev–Trinajstić information content (AvgIpc) is 3.03. The van der Waals surface area contributed by atoms with E-state index in [0.29, 0.717) is 0 Å². The van der Waals surface area contributed by atoms with Crippen LogP contribution < -0.4 is 5.32 Å². The van der Waals surface area contributed by atoms with Crippen molar-refractivity contribution in [2.24, 2.45) is 0 Å². The fourth-order valence-electron chi connectivity index (χ4n) is 1.68. The Hall–Kier alpha value is -1.20. The Bertz CT molecular complexity index is 478. The van der Waals surface area contributed by atoms with Gasteiger partial charge in [-0.2, -0.15) is 0 Å². The molecule has 2 aromatic rings. The molecule has 0 saturated heterocycles. The predicted molar refractivity (Wildman–Crippen MR) is 73.9 cm³/mol. The number of nitrogens with zero attached hydrogens (tertiary/aromatic N) is 2. The van der Waals surface area contributed by atoms with E-state index in [-0.39, 0.29) is 0 Å². The molecule has 2 rings (SSSR count). The highest BCUT2D eigenvalue weighted by molar-refractivity contribution is 7.14. The summed E-state index contributed by atoms with van der Waals surface area (Å²) in [6, 6.07) is 3.98. The van der Waals surface area contributed by atoms with Crippen molar-refractivity contribution >= 4 is 11.3 Å². The summed E-state index contributed by atoms with van der Waals surface area (Å²) in [6.07, 6.45) is 2.99. The van der Waals surface area contributed by atoms with Gasteiger partial charge in [0.05, 0.1) is 0 Å². The molecular weight excluding hydrogens is 246 g/mol. The van der Waals surface area contributed by atoms with E-state index in [9.17, 15) is 0 Å². The van der Waals surface area contributed by atoms with Crippen LogP contribution >= 0.6 is 11.3 Å². The van der Waals surface area contributed by atoms with E-state index in [1.165, 1.54) is 0 Å². The molecule has 0 amide bonds. The maximum Gasteiger partial charge on any atom is 0.183 e. The van der Waals surface area contributed by atoms with Crippen molar-refractivity contribution in [1.29, 1.82) is 0 Å². The number of hydrogen-bond acceptors (Lipinski definition) is 5. The molecule has 0 aliphatic heterocycles. The van der Waals surface area contributed by atoms with Gasteiger partial charge in [-0.05, 0) is 31.6 Å². The predicted octanol–water partition coefficient (Wildman–Crippen LogP) is 2.90. The third-order valence-corrected chi connectivity index (χ3v) is 3.68. The fraction of sp³-hybridized carbons (Fsp3) is 0.538. The molecule has 0 saturated carbocycles. The molecule has 4 nitrogen and oxygen atoms in total. The first-order chi connectivity index (χ1) is 8.83. The lowest BCUT2D eigenvalue weighted by atomic mass is 10.3. The molecule has 0 atom stereocenters. The van der Waals surface area contributed by atoms with Crippen LogP contribution in [-0.2, 0) is 12.8 Å². The van der Waals surface area contributed by atoms with Crippen molar-refractivity contribution in [1.82, 2.24) is 15.5 Å². The number of nitrogens with one attached hydrogen (secondary N) is 1. The number of aromatic nitrogens is 2. The molecule has 0 fully saturated rings. The lowest BCUT2D eigenvalue weighted by molar-refractivity contribution is 0.528. The molecule has 0 unspecified atom stereocenters. The van der Waals surface area contributed by atoms with Crippen LogP contribution in [-0.4, -0.2) is 23.3 Å². The van der Waals surface area contributed by atoms with Gasteiger partial charge in [0, 0.05) is 12.8 Å². The molecule has 0 bridgehead atoms. The van der Waals surface area contributed by atoms with Crippen LogP contribution in [0.4, 0.5) is 0 Å². The quantitative estimate of drug-likeness (QED) is 0.782. The molecule has 0 aliphatic carbocycles. The zero-order valence-corrected chi connectivity index (χ0v) is 11.7. The topological polar surface area (TPSA) is 51.0 Å². The van der Waals surface area contributed by atoms with Crippen LogP contribution in [0, 0.1) is 0 Å². The lowest BCUT2D eigenvalue weighted by Gasteiger charge is -1.97. The van der Waals surface area contributed by atoms with Gasteiger partial charge in [0.25, 0.3) is 0 Å². The normalized spacial score (nSPS) is 11.0. The zero-order valence-electron chi connectivity index (χ0n) is 10.9. The van der Waals surface area contributed by atoms with E-state index >= 15 is 0 Å². The van der Waals surface area contributed by atoms with Crippen molar-refractivity contribution in [2.45, 2.75) is 33.1 Å². The Morgan fingerprint density at radius 3 is 2.89 bits per heavy atom. The van der Waals surface area contributed by atoms with Crippen LogP contribution in [0.15, 0.2) is 16.5 Å². The van der Waals surface area contributed by atoms with E-state index in [2.05, 4.69) is 29.4 Å².